The Morgan fingerprint density at radius 1 is 0.969 bits per heavy atom. The molecule has 9 nitrogen and oxygen atoms in total. The van der Waals surface area contributed by atoms with Crippen molar-refractivity contribution in [3.63, 3.8) is 0 Å². The fourth-order valence-corrected chi connectivity index (χ4v) is 4.48. The van der Waals surface area contributed by atoms with E-state index < -0.39 is 27.8 Å². The van der Waals surface area contributed by atoms with E-state index in [4.69, 9.17) is 24.5 Å². The number of carbonyl (C=O) groups is 2. The van der Waals surface area contributed by atoms with Crippen LogP contribution in [0, 0.1) is 5.82 Å². The first-order chi connectivity index (χ1) is 15.1. The van der Waals surface area contributed by atoms with Crippen LogP contribution in [0.4, 0.5) is 4.39 Å². The van der Waals surface area contributed by atoms with Crippen molar-refractivity contribution in [2.24, 2.45) is 0 Å². The quantitative estimate of drug-likeness (QED) is 0.616. The summed E-state index contributed by atoms with van der Waals surface area (Å²) in [7, 11) is -3.58. The first kappa shape index (κ1) is 25.2. The summed E-state index contributed by atoms with van der Waals surface area (Å²) in [5.74, 6) is -3.22. The number of nitrogens with zero attached hydrogens (tertiary/aromatic N) is 2. The average molecular weight is 469 g/mol. The molecule has 1 aliphatic heterocycles. The zero-order chi connectivity index (χ0) is 23.7. The van der Waals surface area contributed by atoms with Gasteiger partial charge in [-0.2, -0.15) is 4.31 Å². The fourth-order valence-electron chi connectivity index (χ4n) is 3.06. The lowest BCUT2D eigenvalue weighted by Crippen LogP contribution is -2.48. The molecule has 0 spiro atoms. The van der Waals surface area contributed by atoms with Crippen molar-refractivity contribution in [3.8, 4) is 5.75 Å². The molecule has 2 aromatic carbocycles. The minimum absolute atomic E-state index is 0.133. The number of aliphatic carboxylic acids is 2. The van der Waals surface area contributed by atoms with Crippen LogP contribution < -0.4 is 4.74 Å². The van der Waals surface area contributed by atoms with Crippen LogP contribution in [0.5, 0.6) is 5.75 Å². The zero-order valence-corrected chi connectivity index (χ0v) is 18.3. The molecule has 3 rings (SSSR count). The molecule has 0 saturated carbocycles. The second-order valence-corrected chi connectivity index (χ2v) is 8.72. The topological polar surface area (TPSA) is 124 Å². The highest BCUT2D eigenvalue weighted by atomic mass is 32.2. The minimum atomic E-state index is -3.58. The second-order valence-electron chi connectivity index (χ2n) is 6.79. The van der Waals surface area contributed by atoms with E-state index >= 15 is 0 Å². The lowest BCUT2D eigenvalue weighted by molar-refractivity contribution is -0.159. The third-order valence-electron chi connectivity index (χ3n) is 4.63. The molecule has 0 aromatic heterocycles. The number of para-hydroxylation sites is 1. The molecule has 0 amide bonds. The Kier molecular flexibility index (Phi) is 9.12. The summed E-state index contributed by atoms with van der Waals surface area (Å²) in [5, 5.41) is 14.8. The first-order valence-electron chi connectivity index (χ1n) is 9.80. The van der Waals surface area contributed by atoms with Crippen LogP contribution >= 0.6 is 0 Å². The summed E-state index contributed by atoms with van der Waals surface area (Å²) >= 11 is 0. The van der Waals surface area contributed by atoms with E-state index in [0.29, 0.717) is 32.8 Å². The molecular weight excluding hydrogens is 443 g/mol. The van der Waals surface area contributed by atoms with Crippen LogP contribution in [-0.2, 0) is 26.2 Å². The van der Waals surface area contributed by atoms with Crippen LogP contribution in [0.1, 0.15) is 12.5 Å². The first-order valence-corrected chi connectivity index (χ1v) is 11.2. The van der Waals surface area contributed by atoms with Gasteiger partial charge < -0.3 is 14.9 Å². The predicted molar refractivity (Wildman–Crippen MR) is 113 cm³/mol. The van der Waals surface area contributed by atoms with E-state index in [0.717, 1.165) is 17.9 Å². The van der Waals surface area contributed by atoms with Gasteiger partial charge in [0.05, 0.1) is 11.5 Å². The van der Waals surface area contributed by atoms with Crippen molar-refractivity contribution in [3.05, 3.63) is 59.9 Å². The van der Waals surface area contributed by atoms with Crippen LogP contribution in [0.25, 0.3) is 0 Å². The summed E-state index contributed by atoms with van der Waals surface area (Å²) in [6.07, 6.45) is 0. The second kappa shape index (κ2) is 11.6. The Labute approximate surface area is 185 Å². The molecule has 1 heterocycles. The molecule has 1 fully saturated rings. The number of hydrogen-bond acceptors (Lipinski definition) is 6. The molecule has 0 radical (unpaired) electrons. The fraction of sp³-hybridized carbons (Fsp3) is 0.333. The highest BCUT2D eigenvalue weighted by Crippen LogP contribution is 2.22. The number of piperazine rings is 1. The maximum absolute atomic E-state index is 13.0. The van der Waals surface area contributed by atoms with Crippen molar-refractivity contribution in [2.45, 2.75) is 18.4 Å². The van der Waals surface area contributed by atoms with E-state index in [1.54, 1.807) is 0 Å². The molecule has 0 aliphatic carbocycles. The monoisotopic (exact) mass is 468 g/mol. The molecule has 0 bridgehead atoms. The summed E-state index contributed by atoms with van der Waals surface area (Å²) in [4.78, 5) is 20.5. The third-order valence-corrected chi connectivity index (χ3v) is 6.54. The van der Waals surface area contributed by atoms with Gasteiger partial charge in [0.1, 0.15) is 11.6 Å². The van der Waals surface area contributed by atoms with Crippen LogP contribution in [-0.4, -0.2) is 72.6 Å². The number of carboxylic acids is 2. The molecule has 2 aromatic rings. The SMILES string of the molecule is CCOc1ccccc1CN1CCN(S(=O)(=O)c2ccc(F)cc2)CC1.O=C(O)C(=O)O. The summed E-state index contributed by atoms with van der Waals surface area (Å²) in [6, 6.07) is 12.9. The molecule has 0 atom stereocenters. The van der Waals surface area contributed by atoms with Gasteiger partial charge in [0.25, 0.3) is 0 Å². The Hall–Kier alpha value is -3.02. The van der Waals surface area contributed by atoms with Crippen LogP contribution in [0.3, 0.4) is 0 Å². The number of hydrogen-bond donors (Lipinski definition) is 2. The van der Waals surface area contributed by atoms with Crippen molar-refractivity contribution < 1.29 is 37.3 Å². The Morgan fingerprint density at radius 3 is 2.06 bits per heavy atom. The maximum Gasteiger partial charge on any atom is 0.414 e. The van der Waals surface area contributed by atoms with Gasteiger partial charge in [0.2, 0.25) is 10.0 Å². The summed E-state index contributed by atoms with van der Waals surface area (Å²) in [5.41, 5.74) is 1.10. The average Bonchev–Trinajstić information content (AvgIpc) is 2.76. The number of halogens is 1. The van der Waals surface area contributed by atoms with Crippen molar-refractivity contribution in [1.29, 1.82) is 0 Å². The molecule has 0 unspecified atom stereocenters. The number of benzene rings is 2. The third kappa shape index (κ3) is 7.01. The highest BCUT2D eigenvalue weighted by Gasteiger charge is 2.28. The molecule has 32 heavy (non-hydrogen) atoms. The van der Waals surface area contributed by atoms with E-state index in [-0.39, 0.29) is 4.90 Å². The van der Waals surface area contributed by atoms with Crippen molar-refractivity contribution in [1.82, 2.24) is 9.21 Å². The number of ether oxygens (including phenoxy) is 1. The minimum Gasteiger partial charge on any atom is -0.494 e. The van der Waals surface area contributed by atoms with Gasteiger partial charge >= 0.3 is 11.9 Å². The molecule has 1 saturated heterocycles. The van der Waals surface area contributed by atoms with Gasteiger partial charge in [-0.3, -0.25) is 4.90 Å². The lowest BCUT2D eigenvalue weighted by Gasteiger charge is -2.34. The molecular formula is C21H25FN2O7S. The van der Waals surface area contributed by atoms with Gasteiger partial charge in [-0.05, 0) is 37.3 Å². The zero-order valence-electron chi connectivity index (χ0n) is 17.5. The Bertz CT molecular complexity index is 1010. The standard InChI is InChI=1S/C19H23FN2O3S.C2H2O4/c1-2-25-19-6-4-3-5-16(19)15-21-11-13-22(14-12-21)26(23,24)18-9-7-17(20)8-10-18;3-1(4)2(5)6/h3-10H,2,11-15H2,1H3;(H,3,4)(H,5,6). The predicted octanol–water partition coefficient (Wildman–Crippen LogP) is 1.89. The molecule has 2 N–H and O–H groups in total. The van der Waals surface area contributed by atoms with Gasteiger partial charge in [0.15, 0.2) is 0 Å². The van der Waals surface area contributed by atoms with Crippen molar-refractivity contribution in [2.75, 3.05) is 32.8 Å². The largest absolute Gasteiger partial charge is 0.494 e. The van der Waals surface area contributed by atoms with E-state index in [1.807, 2.05) is 31.2 Å². The lowest BCUT2D eigenvalue weighted by atomic mass is 10.2. The number of sulfonamides is 1. The Balaban J connectivity index is 0.000000534. The van der Waals surface area contributed by atoms with Gasteiger partial charge in [-0.1, -0.05) is 18.2 Å². The molecule has 1 aliphatic rings. The van der Waals surface area contributed by atoms with E-state index in [2.05, 4.69) is 4.90 Å². The van der Waals surface area contributed by atoms with E-state index in [9.17, 15) is 12.8 Å². The van der Waals surface area contributed by atoms with Gasteiger partial charge in [0, 0.05) is 38.3 Å². The van der Waals surface area contributed by atoms with Crippen LogP contribution in [0.15, 0.2) is 53.4 Å². The van der Waals surface area contributed by atoms with Gasteiger partial charge in [-0.15, -0.1) is 0 Å². The van der Waals surface area contributed by atoms with Crippen molar-refractivity contribution >= 4 is 22.0 Å². The highest BCUT2D eigenvalue weighted by molar-refractivity contribution is 7.89. The normalized spacial score (nSPS) is 14.8. The molecule has 174 valence electrons. The van der Waals surface area contributed by atoms with Gasteiger partial charge in [-0.25, -0.2) is 22.4 Å². The van der Waals surface area contributed by atoms with Crippen LogP contribution in [0.2, 0.25) is 0 Å². The number of rotatable bonds is 6. The Morgan fingerprint density at radius 2 is 1.53 bits per heavy atom. The summed E-state index contributed by atoms with van der Waals surface area (Å²) in [6.45, 7) is 5.39. The summed E-state index contributed by atoms with van der Waals surface area (Å²) < 4.78 is 45.5. The number of carboxylic acid groups (broad SMARTS) is 2. The molecule has 11 heteroatoms. The maximum atomic E-state index is 13.0. The van der Waals surface area contributed by atoms with E-state index in [1.165, 1.54) is 28.6 Å². The smallest absolute Gasteiger partial charge is 0.414 e.